The average molecular weight is 631 g/mol. The van der Waals surface area contributed by atoms with E-state index in [0.717, 1.165) is 37.9 Å². The first kappa shape index (κ1) is 42.3. The summed E-state index contributed by atoms with van der Waals surface area (Å²) in [6.45, 7) is 3.41. The summed E-state index contributed by atoms with van der Waals surface area (Å²) in [6.07, 6.45) is 12.0. The third kappa shape index (κ3) is 6.25. The van der Waals surface area contributed by atoms with Crippen LogP contribution in [0.2, 0.25) is 0 Å². The Morgan fingerprint density at radius 1 is 0.927 bits per heavy atom. The summed E-state index contributed by atoms with van der Waals surface area (Å²) >= 11 is 0. The summed E-state index contributed by atoms with van der Waals surface area (Å²) in [4.78, 5) is 0. The van der Waals surface area contributed by atoms with Crippen molar-refractivity contribution in [2.24, 2.45) is 17.3 Å². The molecule has 2 N–H and O–H groups in total. The Labute approximate surface area is 271 Å². The quantitative estimate of drug-likeness (QED) is 0.267. The third-order valence-corrected chi connectivity index (χ3v) is 10.1. The first-order valence-corrected chi connectivity index (χ1v) is 12.8. The summed E-state index contributed by atoms with van der Waals surface area (Å²) in [6, 6.07) is 8.31. The first-order valence-electron chi connectivity index (χ1n) is 12.8. The fourth-order valence-corrected chi connectivity index (χ4v) is 8.39. The van der Waals surface area contributed by atoms with E-state index >= 15 is 0 Å². The van der Waals surface area contributed by atoms with Crippen molar-refractivity contribution < 1.29 is 24.4 Å². The highest BCUT2D eigenvalue weighted by Crippen LogP contribution is 2.67. The Morgan fingerprint density at radius 3 is 2.10 bits per heavy atom. The maximum Gasteiger partial charge on any atom is 0.171 e. The number of methoxy groups -OCH3 is 1. The van der Waals surface area contributed by atoms with E-state index in [2.05, 4.69) is 25.0 Å². The van der Waals surface area contributed by atoms with Crippen LogP contribution in [0.4, 0.5) is 0 Å². The van der Waals surface area contributed by atoms with E-state index in [0.29, 0.717) is 44.3 Å². The first-order chi connectivity index (χ1) is 16.3. The van der Waals surface area contributed by atoms with Gasteiger partial charge in [-0.3, -0.25) is 0 Å². The summed E-state index contributed by atoms with van der Waals surface area (Å²) in [5, 5.41) is 23.6. The zero-order chi connectivity index (χ0) is 23.8. The molecule has 0 radical (unpaired) electrons. The summed E-state index contributed by atoms with van der Waals surface area (Å²) in [5.41, 5.74) is 1.46. The number of ether oxygens (including phenoxy) is 3. The largest absolute Gasteiger partial charge is 0.497 e. The van der Waals surface area contributed by atoms with E-state index in [1.54, 1.807) is 7.11 Å². The standard InChI is InChI=1S/C29H36O5.4CH4.3H2S/c1-4-28(31)13-10-23-21-9-12-27(30)18-29(33-15-16-34-29)14-11-24(27)25(21)22(17-26(23,28)2)19-5-7-20(32-3)8-6-19;;;;;;;/h1,5-8,21-23,30-31H,9-18H2,2-3H3;4*1H4;3*1H2/t21-,22+,23-,26-,27+,28-;;;;;;;/m0......./s1. The van der Waals surface area contributed by atoms with Gasteiger partial charge in [0.05, 0.1) is 25.9 Å². The summed E-state index contributed by atoms with van der Waals surface area (Å²) in [5.74, 6) is 3.74. The highest BCUT2D eigenvalue weighted by Gasteiger charge is 2.64. The Hall–Kier alpha value is -0.790. The molecule has 6 atom stereocenters. The lowest BCUT2D eigenvalue weighted by atomic mass is 9.49. The van der Waals surface area contributed by atoms with Gasteiger partial charge in [-0.05, 0) is 73.6 Å². The maximum atomic E-state index is 12.0. The van der Waals surface area contributed by atoms with Crippen molar-refractivity contribution in [1.82, 2.24) is 0 Å². The minimum Gasteiger partial charge on any atom is -0.497 e. The highest BCUT2D eigenvalue weighted by molar-refractivity contribution is 7.59. The molecule has 0 aromatic heterocycles. The van der Waals surface area contributed by atoms with Crippen LogP contribution in [0, 0.1) is 29.6 Å². The summed E-state index contributed by atoms with van der Waals surface area (Å²) < 4.78 is 17.5. The second-order valence-corrected chi connectivity index (χ2v) is 11.5. The Kier molecular flexibility index (Phi) is 15.3. The molecule has 4 fully saturated rings. The lowest BCUT2D eigenvalue weighted by Gasteiger charge is -2.57. The second-order valence-electron chi connectivity index (χ2n) is 11.5. The third-order valence-electron chi connectivity index (χ3n) is 10.1. The second kappa shape index (κ2) is 14.8. The van der Waals surface area contributed by atoms with E-state index in [9.17, 15) is 10.2 Å². The molecule has 1 aliphatic heterocycles. The number of rotatable bonds is 2. The molecule has 3 saturated carbocycles. The normalized spacial score (nSPS) is 35.3. The van der Waals surface area contributed by atoms with Gasteiger partial charge in [0, 0.05) is 24.2 Å². The number of aliphatic hydroxyl groups is 2. The minimum absolute atomic E-state index is 0. The van der Waals surface area contributed by atoms with Crippen LogP contribution in [-0.2, 0) is 9.47 Å². The molecule has 1 aromatic rings. The van der Waals surface area contributed by atoms with Crippen molar-refractivity contribution in [1.29, 1.82) is 0 Å². The fraction of sp³-hybridized carbons (Fsp3) is 0.697. The average Bonchev–Trinajstić information content (AvgIpc) is 3.39. The monoisotopic (exact) mass is 630 g/mol. The van der Waals surface area contributed by atoms with Crippen molar-refractivity contribution >= 4 is 40.5 Å². The zero-order valence-corrected chi connectivity index (χ0v) is 24.8. The molecule has 5 aliphatic rings. The van der Waals surface area contributed by atoms with Gasteiger partial charge in [-0.2, -0.15) is 40.5 Å². The van der Waals surface area contributed by atoms with Gasteiger partial charge in [0.25, 0.3) is 0 Å². The molecule has 1 saturated heterocycles. The SMILES string of the molecule is C.C.C.C.C#C[C@]1(O)CC[C@H]2[C@@H]3CC[C@@]4(O)CC5(CCC4=C3[C@@H](c3ccc(OC)cc3)C[C@@]21C)OCCO5.S.S.S. The number of terminal acetylenes is 1. The van der Waals surface area contributed by atoms with E-state index in [1.807, 2.05) is 12.1 Å². The Bertz CT molecular complexity index is 1060. The molecule has 1 aromatic carbocycles. The number of allylic oxidation sites excluding steroid dienone is 1. The van der Waals surface area contributed by atoms with Gasteiger partial charge < -0.3 is 24.4 Å². The van der Waals surface area contributed by atoms with Gasteiger partial charge in [-0.1, -0.05) is 60.3 Å². The molecule has 238 valence electrons. The molecule has 0 amide bonds. The lowest BCUT2D eigenvalue weighted by molar-refractivity contribution is -0.208. The number of benzene rings is 1. The zero-order valence-electron chi connectivity index (χ0n) is 21.8. The Balaban J connectivity index is 0. The number of hydrogen-bond acceptors (Lipinski definition) is 5. The minimum atomic E-state index is -1.09. The molecule has 0 unspecified atom stereocenters. The van der Waals surface area contributed by atoms with Gasteiger partial charge in [-0.15, -0.1) is 6.42 Å². The predicted molar refractivity (Wildman–Crippen MR) is 186 cm³/mol. The van der Waals surface area contributed by atoms with E-state index in [-0.39, 0.29) is 81.5 Å². The van der Waals surface area contributed by atoms with Gasteiger partial charge in [0.1, 0.15) is 11.4 Å². The highest BCUT2D eigenvalue weighted by atomic mass is 32.1. The van der Waals surface area contributed by atoms with Crippen LogP contribution in [0.15, 0.2) is 35.4 Å². The molecule has 1 spiro atoms. The van der Waals surface area contributed by atoms with Crippen molar-refractivity contribution in [3.63, 3.8) is 0 Å². The molecule has 5 nitrogen and oxygen atoms in total. The predicted octanol–water partition coefficient (Wildman–Crippen LogP) is 7.21. The fourth-order valence-electron chi connectivity index (χ4n) is 8.39. The van der Waals surface area contributed by atoms with Crippen LogP contribution in [0.3, 0.4) is 0 Å². The number of hydrogen-bond donors (Lipinski definition) is 2. The molecular formula is C33H58O5S3. The molecule has 6 rings (SSSR count). The van der Waals surface area contributed by atoms with Crippen LogP contribution in [0.1, 0.15) is 99.5 Å². The van der Waals surface area contributed by atoms with Crippen molar-refractivity contribution in [3.05, 3.63) is 41.0 Å². The molecule has 4 aliphatic carbocycles. The van der Waals surface area contributed by atoms with E-state index < -0.39 is 17.0 Å². The maximum absolute atomic E-state index is 12.0. The molecule has 41 heavy (non-hydrogen) atoms. The van der Waals surface area contributed by atoms with Gasteiger partial charge in [-0.25, -0.2) is 0 Å². The topological polar surface area (TPSA) is 68.2 Å². The Morgan fingerprint density at radius 2 is 1.54 bits per heavy atom. The van der Waals surface area contributed by atoms with Crippen LogP contribution in [0.5, 0.6) is 5.75 Å². The van der Waals surface area contributed by atoms with Crippen molar-refractivity contribution in [2.45, 2.75) is 111 Å². The van der Waals surface area contributed by atoms with E-state index in [1.165, 1.54) is 16.7 Å². The summed E-state index contributed by atoms with van der Waals surface area (Å²) in [7, 11) is 1.68. The molecule has 0 bridgehead atoms. The van der Waals surface area contributed by atoms with Gasteiger partial charge in [0.15, 0.2) is 5.79 Å². The van der Waals surface area contributed by atoms with Crippen LogP contribution in [-0.4, -0.2) is 47.5 Å². The van der Waals surface area contributed by atoms with Crippen molar-refractivity contribution in [2.75, 3.05) is 20.3 Å². The van der Waals surface area contributed by atoms with E-state index in [4.69, 9.17) is 20.6 Å². The number of fused-ring (bicyclic) bond motifs is 4. The van der Waals surface area contributed by atoms with Crippen LogP contribution < -0.4 is 4.74 Å². The van der Waals surface area contributed by atoms with Crippen LogP contribution >= 0.6 is 40.5 Å². The smallest absolute Gasteiger partial charge is 0.171 e. The molecule has 8 heteroatoms. The molecular weight excluding hydrogens is 573 g/mol. The van der Waals surface area contributed by atoms with Gasteiger partial charge in [0.2, 0.25) is 0 Å². The van der Waals surface area contributed by atoms with Crippen LogP contribution in [0.25, 0.3) is 0 Å². The molecule has 1 heterocycles. The van der Waals surface area contributed by atoms with Crippen molar-refractivity contribution in [3.8, 4) is 18.1 Å². The lowest BCUT2D eigenvalue weighted by Crippen LogP contribution is -2.55. The van der Waals surface area contributed by atoms with Gasteiger partial charge >= 0.3 is 0 Å².